The van der Waals surface area contributed by atoms with Gasteiger partial charge in [0.15, 0.2) is 5.69 Å². The molecule has 31 heavy (non-hydrogen) atoms. The highest BCUT2D eigenvalue weighted by molar-refractivity contribution is 5.92. The van der Waals surface area contributed by atoms with Crippen molar-refractivity contribution in [3.63, 3.8) is 0 Å². The Balaban J connectivity index is 1.47. The van der Waals surface area contributed by atoms with Crippen molar-refractivity contribution in [2.75, 3.05) is 32.8 Å². The molecule has 2 aromatic rings. The van der Waals surface area contributed by atoms with Crippen LogP contribution in [-0.2, 0) is 11.8 Å². The molecule has 7 heteroatoms. The van der Waals surface area contributed by atoms with Crippen molar-refractivity contribution >= 4 is 11.8 Å². The number of nitrogens with zero attached hydrogens (tertiary/aromatic N) is 4. The average Bonchev–Trinajstić information content (AvgIpc) is 3.36. The number of para-hydroxylation sites is 1. The molecule has 0 N–H and O–H groups in total. The van der Waals surface area contributed by atoms with Crippen molar-refractivity contribution < 1.29 is 14.3 Å². The molecule has 2 unspecified atom stereocenters. The van der Waals surface area contributed by atoms with Gasteiger partial charge >= 0.3 is 0 Å². The molecular weight excluding hydrogens is 392 g/mol. The van der Waals surface area contributed by atoms with Crippen LogP contribution in [0.4, 0.5) is 0 Å². The van der Waals surface area contributed by atoms with Crippen LogP contribution in [0.1, 0.15) is 35.9 Å². The number of piperidine rings is 1. The molecule has 0 radical (unpaired) electrons. The van der Waals surface area contributed by atoms with Gasteiger partial charge in [-0.2, -0.15) is 5.10 Å². The van der Waals surface area contributed by atoms with E-state index >= 15 is 0 Å². The van der Waals surface area contributed by atoms with Crippen LogP contribution in [-0.4, -0.2) is 64.2 Å². The van der Waals surface area contributed by atoms with Crippen molar-refractivity contribution in [2.24, 2.45) is 24.8 Å². The molecule has 0 aliphatic carbocycles. The molecule has 0 spiro atoms. The number of aromatic nitrogens is 2. The summed E-state index contributed by atoms with van der Waals surface area (Å²) in [6.07, 6.45) is 1.97. The maximum Gasteiger partial charge on any atom is 0.274 e. The number of aryl methyl sites for hydroxylation is 2. The summed E-state index contributed by atoms with van der Waals surface area (Å²) in [6, 6.07) is 11.7. The average molecular weight is 425 g/mol. The first kappa shape index (κ1) is 21.4. The van der Waals surface area contributed by atoms with Crippen LogP contribution in [0.5, 0.6) is 5.75 Å². The molecule has 1 aromatic carbocycles. The first-order valence-corrected chi connectivity index (χ1v) is 11.2. The van der Waals surface area contributed by atoms with Crippen molar-refractivity contribution in [1.29, 1.82) is 0 Å². The third-order valence-corrected chi connectivity index (χ3v) is 6.91. The number of hydrogen-bond donors (Lipinski definition) is 0. The predicted molar refractivity (Wildman–Crippen MR) is 118 cm³/mol. The van der Waals surface area contributed by atoms with Gasteiger partial charge in [0.1, 0.15) is 5.75 Å². The Kier molecular flexibility index (Phi) is 6.30. The lowest BCUT2D eigenvalue weighted by atomic mass is 9.78. The number of amides is 2. The van der Waals surface area contributed by atoms with Gasteiger partial charge in [0.05, 0.1) is 6.61 Å². The fourth-order valence-corrected chi connectivity index (χ4v) is 4.96. The minimum absolute atomic E-state index is 0.00270. The monoisotopic (exact) mass is 424 g/mol. The molecule has 0 bridgehead atoms. The first-order valence-electron chi connectivity index (χ1n) is 11.2. The quantitative estimate of drug-likeness (QED) is 0.740. The zero-order valence-electron chi connectivity index (χ0n) is 18.7. The zero-order chi connectivity index (χ0) is 22.0. The van der Waals surface area contributed by atoms with Gasteiger partial charge in [0.25, 0.3) is 5.91 Å². The number of hydrogen-bond acceptors (Lipinski definition) is 4. The summed E-state index contributed by atoms with van der Waals surface area (Å²) in [5.41, 5.74) is 1.48. The van der Waals surface area contributed by atoms with Crippen molar-refractivity contribution in [3.8, 4) is 5.75 Å². The second kappa shape index (κ2) is 9.12. The van der Waals surface area contributed by atoms with Gasteiger partial charge in [-0.3, -0.25) is 14.3 Å². The van der Waals surface area contributed by atoms with Crippen LogP contribution in [0.25, 0.3) is 0 Å². The lowest BCUT2D eigenvalue weighted by Crippen LogP contribution is -2.40. The molecule has 2 saturated heterocycles. The molecule has 7 nitrogen and oxygen atoms in total. The molecular formula is C24H32N4O3. The Labute approximate surface area is 184 Å². The van der Waals surface area contributed by atoms with Crippen LogP contribution in [0.15, 0.2) is 36.4 Å². The van der Waals surface area contributed by atoms with Gasteiger partial charge in [-0.05, 0) is 49.8 Å². The molecule has 3 heterocycles. The third-order valence-electron chi connectivity index (χ3n) is 6.91. The molecule has 2 atom stereocenters. The second-order valence-electron chi connectivity index (χ2n) is 8.90. The van der Waals surface area contributed by atoms with E-state index in [2.05, 4.69) is 5.10 Å². The topological polar surface area (TPSA) is 67.7 Å². The Morgan fingerprint density at radius 2 is 1.81 bits per heavy atom. The third kappa shape index (κ3) is 4.75. The summed E-state index contributed by atoms with van der Waals surface area (Å²) in [7, 11) is 1.86. The Bertz CT molecular complexity index is 899. The number of carbonyl (C=O) groups is 2. The summed E-state index contributed by atoms with van der Waals surface area (Å²) < 4.78 is 7.85. The van der Waals surface area contributed by atoms with E-state index < -0.39 is 0 Å². The Hall–Kier alpha value is -2.83. The number of carbonyl (C=O) groups excluding carboxylic acids is 2. The van der Waals surface area contributed by atoms with E-state index in [4.69, 9.17) is 4.74 Å². The van der Waals surface area contributed by atoms with Crippen LogP contribution < -0.4 is 4.74 Å². The molecule has 2 aliphatic rings. The van der Waals surface area contributed by atoms with Crippen molar-refractivity contribution in [3.05, 3.63) is 47.8 Å². The standard InChI is InChI=1S/C24H32N4O3/c1-17-13-23(25-26(17)3)24(30)28-14-20(16-31-21-7-5-4-6-8-21)22(15-28)19-9-11-27(12-10-19)18(2)29/h4-8,13,19-20,22H,9-12,14-16H2,1-3H3. The van der Waals surface area contributed by atoms with E-state index in [1.54, 1.807) is 11.6 Å². The van der Waals surface area contributed by atoms with Crippen LogP contribution in [0, 0.1) is 24.7 Å². The summed E-state index contributed by atoms with van der Waals surface area (Å²) in [6.45, 7) is 7.19. The number of likely N-dealkylation sites (tertiary alicyclic amines) is 2. The van der Waals surface area contributed by atoms with Gasteiger partial charge in [-0.1, -0.05) is 18.2 Å². The minimum Gasteiger partial charge on any atom is -0.493 e. The Morgan fingerprint density at radius 1 is 1.10 bits per heavy atom. The maximum absolute atomic E-state index is 13.2. The lowest BCUT2D eigenvalue weighted by Gasteiger charge is -2.36. The predicted octanol–water partition coefficient (Wildman–Crippen LogP) is 2.75. The first-order chi connectivity index (χ1) is 14.9. The maximum atomic E-state index is 13.2. The molecule has 4 rings (SSSR count). The number of benzene rings is 1. The van der Waals surface area contributed by atoms with Crippen molar-refractivity contribution in [1.82, 2.24) is 19.6 Å². The molecule has 1 aromatic heterocycles. The van der Waals surface area contributed by atoms with E-state index in [1.165, 1.54) is 0 Å². The summed E-state index contributed by atoms with van der Waals surface area (Å²) in [5.74, 6) is 2.13. The summed E-state index contributed by atoms with van der Waals surface area (Å²) in [4.78, 5) is 28.8. The van der Waals surface area contributed by atoms with E-state index in [0.29, 0.717) is 30.7 Å². The van der Waals surface area contributed by atoms with Crippen LogP contribution in [0.2, 0.25) is 0 Å². The van der Waals surface area contributed by atoms with E-state index in [9.17, 15) is 9.59 Å². The van der Waals surface area contributed by atoms with E-state index in [1.807, 2.05) is 60.2 Å². The smallest absolute Gasteiger partial charge is 0.274 e. The molecule has 2 aliphatic heterocycles. The zero-order valence-corrected chi connectivity index (χ0v) is 18.7. The molecule has 166 valence electrons. The summed E-state index contributed by atoms with van der Waals surface area (Å²) >= 11 is 0. The Morgan fingerprint density at radius 3 is 2.42 bits per heavy atom. The SMILES string of the molecule is CC(=O)N1CCC(C2CN(C(=O)c3cc(C)n(C)n3)CC2COc2ccccc2)CC1. The van der Waals surface area contributed by atoms with Gasteiger partial charge in [0, 0.05) is 51.8 Å². The fraction of sp³-hybridized carbons (Fsp3) is 0.542. The van der Waals surface area contributed by atoms with Crippen molar-refractivity contribution in [2.45, 2.75) is 26.7 Å². The van der Waals surface area contributed by atoms with E-state index in [-0.39, 0.29) is 17.7 Å². The normalized spacial score (nSPS) is 22.0. The molecule has 2 amide bonds. The number of ether oxygens (including phenoxy) is 1. The highest BCUT2D eigenvalue weighted by Gasteiger charge is 2.41. The van der Waals surface area contributed by atoms with Gasteiger partial charge in [-0.25, -0.2) is 0 Å². The largest absolute Gasteiger partial charge is 0.493 e. The lowest BCUT2D eigenvalue weighted by molar-refractivity contribution is -0.130. The second-order valence-corrected chi connectivity index (χ2v) is 8.90. The fourth-order valence-electron chi connectivity index (χ4n) is 4.96. The molecule has 2 fully saturated rings. The summed E-state index contributed by atoms with van der Waals surface area (Å²) in [5, 5.41) is 4.39. The van der Waals surface area contributed by atoms with Crippen LogP contribution >= 0.6 is 0 Å². The van der Waals surface area contributed by atoms with Gasteiger partial charge in [-0.15, -0.1) is 0 Å². The van der Waals surface area contributed by atoms with Gasteiger partial charge < -0.3 is 14.5 Å². The minimum atomic E-state index is -0.00270. The van der Waals surface area contributed by atoms with Gasteiger partial charge in [0.2, 0.25) is 5.91 Å². The molecule has 0 saturated carbocycles. The highest BCUT2D eigenvalue weighted by atomic mass is 16.5. The highest BCUT2D eigenvalue weighted by Crippen LogP contribution is 2.36. The van der Waals surface area contributed by atoms with Crippen LogP contribution in [0.3, 0.4) is 0 Å². The number of rotatable bonds is 5. The van der Waals surface area contributed by atoms with E-state index in [0.717, 1.165) is 43.9 Å².